The largest absolute Gasteiger partial charge is 0.369 e. The molecule has 1 amide bonds. The number of nitrogens with zero attached hydrogens (tertiary/aromatic N) is 4. The summed E-state index contributed by atoms with van der Waals surface area (Å²) >= 11 is 0. The highest BCUT2D eigenvalue weighted by molar-refractivity contribution is 5.98. The lowest BCUT2D eigenvalue weighted by Gasteiger charge is -2.40. The molecular formula is C22H26N4O3. The molecule has 0 bridgehead atoms. The van der Waals surface area contributed by atoms with Crippen molar-refractivity contribution in [3.05, 3.63) is 64.2 Å². The summed E-state index contributed by atoms with van der Waals surface area (Å²) in [4.78, 5) is 30.1. The SMILES string of the molecule is CC(C(=O)N1CCCc2ccccc21)N1CCN(c2ccc([N+](=O)[O-])cc2)CC1. The Bertz CT molecular complexity index is 891. The molecule has 4 rings (SSSR count). The maximum atomic E-state index is 13.2. The van der Waals surface area contributed by atoms with E-state index < -0.39 is 0 Å². The van der Waals surface area contributed by atoms with Crippen molar-refractivity contribution in [2.75, 3.05) is 42.5 Å². The van der Waals surface area contributed by atoms with Gasteiger partial charge in [0.2, 0.25) is 5.91 Å². The number of amides is 1. The summed E-state index contributed by atoms with van der Waals surface area (Å²) in [6, 6.07) is 14.7. The van der Waals surface area contributed by atoms with Crippen LogP contribution in [0.15, 0.2) is 48.5 Å². The van der Waals surface area contributed by atoms with E-state index in [9.17, 15) is 14.9 Å². The van der Waals surface area contributed by atoms with Gasteiger partial charge in [-0.1, -0.05) is 18.2 Å². The van der Waals surface area contributed by atoms with Crippen molar-refractivity contribution >= 4 is 23.0 Å². The second kappa shape index (κ2) is 8.21. The Morgan fingerprint density at radius 2 is 1.69 bits per heavy atom. The maximum Gasteiger partial charge on any atom is 0.269 e. The predicted octanol–water partition coefficient (Wildman–Crippen LogP) is 3.08. The molecule has 2 aliphatic heterocycles. The number of anilines is 2. The summed E-state index contributed by atoms with van der Waals surface area (Å²) in [6.45, 7) is 5.96. The van der Waals surface area contributed by atoms with Crippen LogP contribution in [-0.2, 0) is 11.2 Å². The third-order valence-electron chi connectivity index (χ3n) is 6.02. The van der Waals surface area contributed by atoms with Crippen LogP contribution in [0.1, 0.15) is 18.9 Å². The van der Waals surface area contributed by atoms with Crippen molar-refractivity contribution in [3.63, 3.8) is 0 Å². The van der Waals surface area contributed by atoms with Gasteiger partial charge < -0.3 is 9.80 Å². The number of fused-ring (bicyclic) bond motifs is 1. The number of hydrogen-bond donors (Lipinski definition) is 0. The number of rotatable bonds is 4. The Kier molecular flexibility index (Phi) is 5.49. The van der Waals surface area contributed by atoms with Gasteiger partial charge in [0.05, 0.1) is 11.0 Å². The molecule has 2 heterocycles. The summed E-state index contributed by atoms with van der Waals surface area (Å²) in [7, 11) is 0. The molecule has 0 aliphatic carbocycles. The number of para-hydroxylation sites is 1. The smallest absolute Gasteiger partial charge is 0.269 e. The fourth-order valence-corrected chi connectivity index (χ4v) is 4.30. The molecule has 2 aromatic rings. The quantitative estimate of drug-likeness (QED) is 0.589. The number of piperazine rings is 1. The highest BCUT2D eigenvalue weighted by atomic mass is 16.6. The van der Waals surface area contributed by atoms with Gasteiger partial charge in [0.1, 0.15) is 0 Å². The molecule has 1 unspecified atom stereocenters. The molecule has 7 nitrogen and oxygen atoms in total. The van der Waals surface area contributed by atoms with Crippen LogP contribution < -0.4 is 9.80 Å². The fraction of sp³-hybridized carbons (Fsp3) is 0.409. The first-order valence-electron chi connectivity index (χ1n) is 10.2. The predicted molar refractivity (Wildman–Crippen MR) is 113 cm³/mol. The lowest BCUT2D eigenvalue weighted by atomic mass is 10.0. The summed E-state index contributed by atoms with van der Waals surface area (Å²) in [5.41, 5.74) is 3.40. The first-order chi connectivity index (χ1) is 14.0. The van der Waals surface area contributed by atoms with E-state index in [-0.39, 0.29) is 22.6 Å². The summed E-state index contributed by atoms with van der Waals surface area (Å²) in [5, 5.41) is 10.8. The van der Waals surface area contributed by atoms with E-state index in [1.807, 2.05) is 30.0 Å². The van der Waals surface area contributed by atoms with E-state index in [0.29, 0.717) is 0 Å². The van der Waals surface area contributed by atoms with Crippen LogP contribution in [0.3, 0.4) is 0 Å². The number of hydrogen-bond acceptors (Lipinski definition) is 5. The molecule has 1 saturated heterocycles. The molecule has 152 valence electrons. The molecule has 7 heteroatoms. The molecule has 0 aromatic heterocycles. The third kappa shape index (κ3) is 3.96. The van der Waals surface area contributed by atoms with Crippen molar-refractivity contribution < 1.29 is 9.72 Å². The van der Waals surface area contributed by atoms with E-state index >= 15 is 0 Å². The maximum absolute atomic E-state index is 13.2. The monoisotopic (exact) mass is 394 g/mol. The number of carbonyl (C=O) groups is 1. The lowest BCUT2D eigenvalue weighted by Crippen LogP contribution is -2.55. The van der Waals surface area contributed by atoms with Gasteiger partial charge in [-0.15, -0.1) is 0 Å². The molecule has 2 aliphatic rings. The highest BCUT2D eigenvalue weighted by Crippen LogP contribution is 2.28. The molecule has 1 fully saturated rings. The van der Waals surface area contributed by atoms with Crippen molar-refractivity contribution in [2.45, 2.75) is 25.8 Å². The summed E-state index contributed by atoms with van der Waals surface area (Å²) in [5.74, 6) is 0.168. The van der Waals surface area contributed by atoms with E-state index in [2.05, 4.69) is 15.9 Å². The van der Waals surface area contributed by atoms with Crippen LogP contribution in [-0.4, -0.2) is 54.5 Å². The molecular weight excluding hydrogens is 368 g/mol. The Labute approximate surface area is 170 Å². The second-order valence-electron chi connectivity index (χ2n) is 7.69. The van der Waals surface area contributed by atoms with Gasteiger partial charge in [-0.05, 0) is 43.5 Å². The van der Waals surface area contributed by atoms with Crippen LogP contribution in [0.5, 0.6) is 0 Å². The van der Waals surface area contributed by atoms with Gasteiger partial charge in [0, 0.05) is 56.2 Å². The van der Waals surface area contributed by atoms with Crippen LogP contribution in [0.25, 0.3) is 0 Å². The molecule has 29 heavy (non-hydrogen) atoms. The van der Waals surface area contributed by atoms with Crippen LogP contribution in [0.4, 0.5) is 17.1 Å². The summed E-state index contributed by atoms with van der Waals surface area (Å²) in [6.07, 6.45) is 2.03. The number of non-ortho nitro benzene ring substituents is 1. The number of benzene rings is 2. The first-order valence-corrected chi connectivity index (χ1v) is 10.2. The van der Waals surface area contributed by atoms with Crippen LogP contribution in [0.2, 0.25) is 0 Å². The standard InChI is InChI=1S/C22H26N4O3/c1-17(22(27)25-12-4-6-18-5-2-3-7-21(18)25)23-13-15-24(16-14-23)19-8-10-20(11-9-19)26(28)29/h2-3,5,7-11,17H,4,6,12-16H2,1H3. The normalized spacial score (nSPS) is 18.2. The van der Waals surface area contributed by atoms with Crippen molar-refractivity contribution in [1.29, 1.82) is 0 Å². The zero-order chi connectivity index (χ0) is 20.4. The second-order valence-corrected chi connectivity index (χ2v) is 7.69. The zero-order valence-electron chi connectivity index (χ0n) is 16.7. The van der Waals surface area contributed by atoms with Gasteiger partial charge in [-0.25, -0.2) is 0 Å². The molecule has 0 spiro atoms. The summed E-state index contributed by atoms with van der Waals surface area (Å²) < 4.78 is 0. The van der Waals surface area contributed by atoms with Crippen molar-refractivity contribution in [2.24, 2.45) is 0 Å². The number of aryl methyl sites for hydroxylation is 1. The molecule has 0 saturated carbocycles. The number of carbonyl (C=O) groups excluding carboxylic acids is 1. The Morgan fingerprint density at radius 1 is 1.00 bits per heavy atom. The van der Waals surface area contributed by atoms with E-state index in [0.717, 1.165) is 56.9 Å². The van der Waals surface area contributed by atoms with Gasteiger partial charge in [0.15, 0.2) is 0 Å². The average Bonchev–Trinajstić information content (AvgIpc) is 2.78. The first kappa shape index (κ1) is 19.4. The minimum Gasteiger partial charge on any atom is -0.369 e. The Hall–Kier alpha value is -2.93. The number of nitro benzene ring substituents is 1. The zero-order valence-corrected chi connectivity index (χ0v) is 16.7. The van der Waals surface area contributed by atoms with Crippen molar-refractivity contribution in [3.8, 4) is 0 Å². The highest BCUT2D eigenvalue weighted by Gasteiger charge is 2.31. The van der Waals surface area contributed by atoms with Crippen LogP contribution >= 0.6 is 0 Å². The van der Waals surface area contributed by atoms with E-state index in [4.69, 9.17) is 0 Å². The minimum absolute atomic E-state index is 0.105. The Morgan fingerprint density at radius 3 is 2.38 bits per heavy atom. The lowest BCUT2D eigenvalue weighted by molar-refractivity contribution is -0.384. The number of nitro groups is 1. The third-order valence-corrected chi connectivity index (χ3v) is 6.02. The van der Waals surface area contributed by atoms with Gasteiger partial charge >= 0.3 is 0 Å². The van der Waals surface area contributed by atoms with Crippen molar-refractivity contribution in [1.82, 2.24) is 4.90 Å². The average molecular weight is 394 g/mol. The molecule has 0 N–H and O–H groups in total. The van der Waals surface area contributed by atoms with E-state index in [1.54, 1.807) is 24.3 Å². The topological polar surface area (TPSA) is 69.9 Å². The van der Waals surface area contributed by atoms with Crippen LogP contribution in [0, 0.1) is 10.1 Å². The molecule has 1 atom stereocenters. The molecule has 0 radical (unpaired) electrons. The van der Waals surface area contributed by atoms with Gasteiger partial charge in [0.25, 0.3) is 5.69 Å². The van der Waals surface area contributed by atoms with Gasteiger partial charge in [-0.3, -0.25) is 19.8 Å². The Balaban J connectivity index is 1.38. The van der Waals surface area contributed by atoms with Gasteiger partial charge in [-0.2, -0.15) is 0 Å². The molecule has 2 aromatic carbocycles. The fourth-order valence-electron chi connectivity index (χ4n) is 4.30. The van der Waals surface area contributed by atoms with E-state index in [1.165, 1.54) is 5.56 Å². The minimum atomic E-state index is -0.381.